The average Bonchev–Trinajstić information content (AvgIpc) is 2.33. The summed E-state index contributed by atoms with van der Waals surface area (Å²) in [6.07, 6.45) is 0. The first kappa shape index (κ1) is 18.2. The minimum Gasteiger partial charge on any atom is -0.480 e. The van der Waals surface area contributed by atoms with Crippen LogP contribution in [0.15, 0.2) is 0 Å². The average molecular weight is 288 g/mol. The van der Waals surface area contributed by atoms with Crippen molar-refractivity contribution < 1.29 is 24.2 Å². The molecule has 7 heteroatoms. The van der Waals surface area contributed by atoms with E-state index in [2.05, 4.69) is 0 Å². The van der Waals surface area contributed by atoms with Gasteiger partial charge in [-0.05, 0) is 19.8 Å². The number of aliphatic carboxylic acids is 1. The SMILES string of the molecule is CCOC(=O)CN(CC)C(=O)N(CC(=O)O)CC(C)C. The summed E-state index contributed by atoms with van der Waals surface area (Å²) in [6, 6.07) is -0.461. The molecule has 0 heterocycles. The van der Waals surface area contributed by atoms with E-state index in [0.29, 0.717) is 13.1 Å². The number of carboxylic acids is 1. The predicted octanol–water partition coefficient (Wildman–Crippen LogP) is 1.03. The third kappa shape index (κ3) is 6.96. The molecule has 2 amide bonds. The summed E-state index contributed by atoms with van der Waals surface area (Å²) >= 11 is 0. The Morgan fingerprint density at radius 1 is 1.10 bits per heavy atom. The Kier molecular flexibility index (Phi) is 8.35. The maximum Gasteiger partial charge on any atom is 0.325 e. The van der Waals surface area contributed by atoms with Gasteiger partial charge in [0.05, 0.1) is 6.61 Å². The van der Waals surface area contributed by atoms with Crippen LogP contribution in [0.25, 0.3) is 0 Å². The van der Waals surface area contributed by atoms with Crippen LogP contribution in [0.1, 0.15) is 27.7 Å². The molecule has 0 aliphatic rings. The zero-order chi connectivity index (χ0) is 15.7. The van der Waals surface area contributed by atoms with Gasteiger partial charge >= 0.3 is 18.0 Å². The summed E-state index contributed by atoms with van der Waals surface area (Å²) < 4.78 is 4.80. The second kappa shape index (κ2) is 9.17. The number of carbonyl (C=O) groups excluding carboxylic acids is 2. The van der Waals surface area contributed by atoms with E-state index in [1.54, 1.807) is 13.8 Å². The first-order chi connectivity index (χ1) is 9.31. The Labute approximate surface area is 119 Å². The molecule has 7 nitrogen and oxygen atoms in total. The lowest BCUT2D eigenvalue weighted by Crippen LogP contribution is -2.48. The van der Waals surface area contributed by atoms with Gasteiger partial charge in [0.25, 0.3) is 0 Å². The molecule has 1 N–H and O–H groups in total. The summed E-state index contributed by atoms with van der Waals surface area (Å²) in [5, 5.41) is 8.86. The molecule has 0 aromatic carbocycles. The predicted molar refractivity (Wildman–Crippen MR) is 73.3 cm³/mol. The summed E-state index contributed by atoms with van der Waals surface area (Å²) in [5.41, 5.74) is 0. The van der Waals surface area contributed by atoms with E-state index < -0.39 is 18.0 Å². The molecule has 0 rings (SSSR count). The van der Waals surface area contributed by atoms with Gasteiger partial charge in [0.1, 0.15) is 13.1 Å². The molecule has 0 saturated heterocycles. The van der Waals surface area contributed by atoms with Gasteiger partial charge < -0.3 is 19.6 Å². The van der Waals surface area contributed by atoms with Crippen LogP contribution in [0.3, 0.4) is 0 Å². The number of carboxylic acid groups (broad SMARTS) is 1. The minimum atomic E-state index is -1.08. The van der Waals surface area contributed by atoms with E-state index in [4.69, 9.17) is 9.84 Å². The Bertz CT molecular complexity index is 344. The molecule has 0 aliphatic heterocycles. The monoisotopic (exact) mass is 288 g/mol. The normalized spacial score (nSPS) is 10.2. The molecule has 0 atom stereocenters. The molecule has 116 valence electrons. The minimum absolute atomic E-state index is 0.139. The van der Waals surface area contributed by atoms with E-state index in [1.165, 1.54) is 9.80 Å². The number of hydrogen-bond acceptors (Lipinski definition) is 4. The lowest BCUT2D eigenvalue weighted by molar-refractivity contribution is -0.143. The van der Waals surface area contributed by atoms with Crippen LogP contribution in [-0.2, 0) is 14.3 Å². The second-order valence-electron chi connectivity index (χ2n) is 4.77. The van der Waals surface area contributed by atoms with Crippen LogP contribution >= 0.6 is 0 Å². The fraction of sp³-hybridized carbons (Fsp3) is 0.769. The lowest BCUT2D eigenvalue weighted by atomic mass is 10.2. The van der Waals surface area contributed by atoms with Crippen LogP contribution < -0.4 is 0 Å². The van der Waals surface area contributed by atoms with Crippen molar-refractivity contribution in [3.63, 3.8) is 0 Å². The quantitative estimate of drug-likeness (QED) is 0.674. The van der Waals surface area contributed by atoms with Crippen molar-refractivity contribution in [3.05, 3.63) is 0 Å². The Balaban J connectivity index is 4.79. The molecule has 0 fully saturated rings. The zero-order valence-corrected chi connectivity index (χ0v) is 12.6. The fourth-order valence-electron chi connectivity index (χ4n) is 1.69. The molecular weight excluding hydrogens is 264 g/mol. The molecule has 0 aromatic rings. The number of nitrogens with zero attached hydrogens (tertiary/aromatic N) is 2. The fourth-order valence-corrected chi connectivity index (χ4v) is 1.69. The standard InChI is InChI=1S/C13H24N2O5/c1-5-14(9-12(18)20-6-2)13(19)15(7-10(3)4)8-11(16)17/h10H,5-9H2,1-4H3,(H,16,17). The number of hydrogen-bond donors (Lipinski definition) is 1. The summed E-state index contributed by atoms with van der Waals surface area (Å²) in [6.45, 7) is 7.53. The van der Waals surface area contributed by atoms with Crippen molar-refractivity contribution >= 4 is 18.0 Å². The van der Waals surface area contributed by atoms with E-state index in [9.17, 15) is 14.4 Å². The summed E-state index contributed by atoms with van der Waals surface area (Å²) in [7, 11) is 0. The second-order valence-corrected chi connectivity index (χ2v) is 4.77. The highest BCUT2D eigenvalue weighted by atomic mass is 16.5. The number of rotatable bonds is 8. The van der Waals surface area contributed by atoms with E-state index in [0.717, 1.165) is 0 Å². The highest BCUT2D eigenvalue weighted by Gasteiger charge is 2.24. The Morgan fingerprint density at radius 2 is 1.70 bits per heavy atom. The zero-order valence-electron chi connectivity index (χ0n) is 12.6. The number of urea groups is 1. The van der Waals surface area contributed by atoms with Crippen LogP contribution in [0.2, 0.25) is 0 Å². The first-order valence-corrected chi connectivity index (χ1v) is 6.73. The van der Waals surface area contributed by atoms with Crippen LogP contribution in [0.4, 0.5) is 4.79 Å². The molecule has 0 radical (unpaired) electrons. The Morgan fingerprint density at radius 3 is 2.10 bits per heavy atom. The van der Waals surface area contributed by atoms with Crippen LogP contribution in [-0.4, -0.2) is 65.7 Å². The number of esters is 1. The van der Waals surface area contributed by atoms with Gasteiger partial charge in [-0.25, -0.2) is 4.79 Å². The van der Waals surface area contributed by atoms with Crippen molar-refractivity contribution in [2.75, 3.05) is 32.8 Å². The number of ether oxygens (including phenoxy) is 1. The van der Waals surface area contributed by atoms with Crippen molar-refractivity contribution in [3.8, 4) is 0 Å². The van der Waals surface area contributed by atoms with E-state index >= 15 is 0 Å². The molecule has 20 heavy (non-hydrogen) atoms. The summed E-state index contributed by atoms with van der Waals surface area (Å²) in [4.78, 5) is 37.0. The third-order valence-electron chi connectivity index (χ3n) is 2.46. The van der Waals surface area contributed by atoms with Gasteiger partial charge in [-0.1, -0.05) is 13.8 Å². The molecule has 0 saturated carbocycles. The maximum absolute atomic E-state index is 12.3. The van der Waals surface area contributed by atoms with Gasteiger partial charge in [-0.2, -0.15) is 0 Å². The van der Waals surface area contributed by atoms with Gasteiger partial charge in [-0.15, -0.1) is 0 Å². The van der Waals surface area contributed by atoms with Crippen molar-refractivity contribution in [2.24, 2.45) is 5.92 Å². The van der Waals surface area contributed by atoms with Gasteiger partial charge in [-0.3, -0.25) is 9.59 Å². The Hall–Kier alpha value is -1.79. The molecule has 0 aromatic heterocycles. The number of carbonyl (C=O) groups is 3. The highest BCUT2D eigenvalue weighted by Crippen LogP contribution is 2.05. The molecule has 0 aliphatic carbocycles. The van der Waals surface area contributed by atoms with Crippen LogP contribution in [0, 0.1) is 5.92 Å². The van der Waals surface area contributed by atoms with Gasteiger partial charge in [0.15, 0.2) is 0 Å². The van der Waals surface area contributed by atoms with Gasteiger partial charge in [0.2, 0.25) is 0 Å². The molecule has 0 spiro atoms. The van der Waals surface area contributed by atoms with Crippen LogP contribution in [0.5, 0.6) is 0 Å². The highest BCUT2D eigenvalue weighted by molar-refractivity contribution is 5.83. The largest absolute Gasteiger partial charge is 0.480 e. The third-order valence-corrected chi connectivity index (χ3v) is 2.46. The van der Waals surface area contributed by atoms with E-state index in [-0.39, 0.29) is 25.6 Å². The molecule has 0 unspecified atom stereocenters. The maximum atomic E-state index is 12.3. The lowest BCUT2D eigenvalue weighted by Gasteiger charge is -2.29. The number of amides is 2. The smallest absolute Gasteiger partial charge is 0.325 e. The van der Waals surface area contributed by atoms with Crippen molar-refractivity contribution in [1.29, 1.82) is 0 Å². The molecule has 0 bridgehead atoms. The first-order valence-electron chi connectivity index (χ1n) is 6.73. The summed E-state index contributed by atoms with van der Waals surface area (Å²) in [5.74, 6) is -1.44. The van der Waals surface area contributed by atoms with Crippen molar-refractivity contribution in [2.45, 2.75) is 27.7 Å². The number of likely N-dealkylation sites (N-methyl/N-ethyl adjacent to an activating group) is 1. The van der Waals surface area contributed by atoms with Crippen molar-refractivity contribution in [1.82, 2.24) is 9.80 Å². The topological polar surface area (TPSA) is 87.2 Å². The molecular formula is C13H24N2O5. The van der Waals surface area contributed by atoms with E-state index in [1.807, 2.05) is 13.8 Å². The van der Waals surface area contributed by atoms with Gasteiger partial charge in [0, 0.05) is 13.1 Å².